The second-order valence-corrected chi connectivity index (χ2v) is 6.39. The minimum absolute atomic E-state index is 0.00611. The second-order valence-electron chi connectivity index (χ2n) is 4.87. The average Bonchev–Trinajstić information content (AvgIpc) is 2.17. The van der Waals surface area contributed by atoms with Crippen molar-refractivity contribution in [2.24, 2.45) is 11.8 Å². The van der Waals surface area contributed by atoms with E-state index in [-0.39, 0.29) is 13.0 Å². The Labute approximate surface area is 113 Å². The molecular formula is C13H27AlO3. The molecule has 0 aromatic heterocycles. The van der Waals surface area contributed by atoms with Crippen molar-refractivity contribution in [2.45, 2.75) is 51.6 Å². The topological polar surface area (TPSA) is 49.4 Å². The first kappa shape index (κ1) is 19.3. The summed E-state index contributed by atoms with van der Waals surface area (Å²) in [4.78, 5) is 9.68. The molecule has 100 valence electrons. The van der Waals surface area contributed by atoms with Crippen molar-refractivity contribution in [2.75, 3.05) is 13.2 Å². The smallest absolute Gasteiger partial charge is 0.0518 e. The summed E-state index contributed by atoms with van der Waals surface area (Å²) in [6.07, 6.45) is -0.00611. The summed E-state index contributed by atoms with van der Waals surface area (Å²) >= 11 is 0.755. The Morgan fingerprint density at radius 2 is 1.65 bits per heavy atom. The van der Waals surface area contributed by atoms with Gasteiger partial charge in [0.2, 0.25) is 0 Å². The molecule has 4 heteroatoms. The summed E-state index contributed by atoms with van der Waals surface area (Å²) in [5, 5.41) is 12.7. The van der Waals surface area contributed by atoms with Gasteiger partial charge in [0.05, 0.1) is 6.61 Å². The van der Waals surface area contributed by atoms with Crippen molar-refractivity contribution in [3.8, 4) is 0 Å². The summed E-state index contributed by atoms with van der Waals surface area (Å²) in [5.74, 6) is 0.802. The van der Waals surface area contributed by atoms with Crippen molar-refractivity contribution in [1.29, 1.82) is 0 Å². The van der Waals surface area contributed by atoms with Gasteiger partial charge in [0, 0.05) is 19.0 Å². The Morgan fingerprint density at radius 3 is 1.94 bits per heavy atom. The molecule has 0 fully saturated rings. The Bertz CT molecular complexity index is 162. The van der Waals surface area contributed by atoms with Crippen LogP contribution in [0.3, 0.4) is 0 Å². The number of carboxylic acids is 1. The zero-order valence-electron chi connectivity index (χ0n) is 12.0. The Kier molecular flexibility index (Phi) is 15.9. The van der Waals surface area contributed by atoms with Gasteiger partial charge in [-0.3, -0.25) is 0 Å². The van der Waals surface area contributed by atoms with Gasteiger partial charge in [-0.1, -0.05) is 0 Å². The zero-order valence-corrected chi connectivity index (χ0v) is 13.1. The van der Waals surface area contributed by atoms with Gasteiger partial charge >= 0.3 is 65.3 Å². The fraction of sp³-hybridized carbons (Fsp3) is 0.923. The quantitative estimate of drug-likeness (QED) is 0.494. The number of aliphatic carboxylic acids is 1. The van der Waals surface area contributed by atoms with Crippen LogP contribution in [0.5, 0.6) is 0 Å². The molecule has 0 unspecified atom stereocenters. The van der Waals surface area contributed by atoms with Gasteiger partial charge in [-0.25, -0.2) is 0 Å². The first-order valence-corrected chi connectivity index (χ1v) is 8.12. The van der Waals surface area contributed by atoms with E-state index in [0.29, 0.717) is 6.61 Å². The minimum Gasteiger partial charge on any atom is -0.550 e. The molecule has 0 bridgehead atoms. The molecule has 0 amide bonds. The second kappa shape index (κ2) is 14.0. The molecule has 3 nitrogen and oxygen atoms in total. The third-order valence-corrected chi connectivity index (χ3v) is 4.48. The first-order valence-electron chi connectivity index (χ1n) is 6.49. The van der Waals surface area contributed by atoms with Crippen LogP contribution in [0.4, 0.5) is 0 Å². The van der Waals surface area contributed by atoms with Crippen LogP contribution in [-0.4, -0.2) is 34.4 Å². The minimum atomic E-state index is -1.06. The van der Waals surface area contributed by atoms with E-state index in [1.54, 1.807) is 0 Å². The Balaban J connectivity index is 0. The van der Waals surface area contributed by atoms with E-state index in [0.717, 1.165) is 27.1 Å². The molecule has 0 atom stereocenters. The van der Waals surface area contributed by atoms with Gasteiger partial charge in [0.25, 0.3) is 0 Å². The van der Waals surface area contributed by atoms with Crippen molar-refractivity contribution in [3.05, 3.63) is 0 Å². The third kappa shape index (κ3) is 25.9. The van der Waals surface area contributed by atoms with Gasteiger partial charge in [0.15, 0.2) is 0 Å². The average molecular weight is 258 g/mol. The van der Waals surface area contributed by atoms with Crippen LogP contribution in [0.1, 0.15) is 41.0 Å². The van der Waals surface area contributed by atoms with Crippen LogP contribution in [-0.2, 0) is 9.53 Å². The molecule has 0 aromatic rings. The fourth-order valence-corrected chi connectivity index (χ4v) is 2.59. The normalized spacial score (nSPS) is 9.82. The molecule has 0 radical (unpaired) electrons. The van der Waals surface area contributed by atoms with E-state index in [9.17, 15) is 9.90 Å². The van der Waals surface area contributed by atoms with Crippen molar-refractivity contribution in [1.82, 2.24) is 0 Å². The summed E-state index contributed by atoms with van der Waals surface area (Å²) in [6.45, 7) is 11.9. The number of hydrogen-bond acceptors (Lipinski definition) is 3. The summed E-state index contributed by atoms with van der Waals surface area (Å²) in [5.41, 5.74) is 0. The van der Waals surface area contributed by atoms with E-state index in [1.165, 1.54) is 10.6 Å². The molecule has 0 rings (SSSR count). The Hall–Kier alpha value is -0.0375. The molecule has 0 spiro atoms. The van der Waals surface area contributed by atoms with Gasteiger partial charge in [-0.05, 0) is 6.92 Å². The predicted octanol–water partition coefficient (Wildman–Crippen LogP) is 2.00. The molecule has 0 heterocycles. The number of carbonyl (C=O) groups is 1. The molecule has 0 N–H and O–H groups in total. The van der Waals surface area contributed by atoms with Crippen LogP contribution in [0.2, 0.25) is 10.6 Å². The van der Waals surface area contributed by atoms with Crippen LogP contribution in [0, 0.1) is 11.8 Å². The van der Waals surface area contributed by atoms with Crippen molar-refractivity contribution < 1.29 is 14.6 Å². The van der Waals surface area contributed by atoms with Crippen LogP contribution < -0.4 is 5.11 Å². The van der Waals surface area contributed by atoms with Gasteiger partial charge in [-0.15, -0.1) is 0 Å². The van der Waals surface area contributed by atoms with E-state index >= 15 is 0 Å². The summed E-state index contributed by atoms with van der Waals surface area (Å²) < 4.78 is 4.72. The van der Waals surface area contributed by atoms with E-state index in [1.807, 2.05) is 6.92 Å². The molecule has 0 aliphatic carbocycles. The molecule has 0 aliphatic rings. The standard InChI is InChI=1S/C5H10O3.2C4H9.Al/c1-2-8-4-3-5(6)7;2*1-4(2)3;/h2-4H2,1H3,(H,6,7);2*4H,1H2,2-3H3;/q;;;+1/p-1. The van der Waals surface area contributed by atoms with E-state index in [4.69, 9.17) is 4.74 Å². The number of carbonyl (C=O) groups excluding carboxylic acids is 1. The van der Waals surface area contributed by atoms with Crippen LogP contribution in [0.15, 0.2) is 0 Å². The van der Waals surface area contributed by atoms with E-state index < -0.39 is 5.97 Å². The SMILES string of the molecule is CC(C)[CH2][Al+][CH2]C(C)C.CCOCCC(=O)[O-]. The summed E-state index contributed by atoms with van der Waals surface area (Å²) in [7, 11) is 0. The Morgan fingerprint density at radius 1 is 1.18 bits per heavy atom. The molecule has 17 heavy (non-hydrogen) atoms. The molecule has 0 aromatic carbocycles. The molecular weight excluding hydrogens is 231 g/mol. The maximum atomic E-state index is 9.68. The molecule has 0 aliphatic heterocycles. The van der Waals surface area contributed by atoms with E-state index in [2.05, 4.69) is 27.7 Å². The van der Waals surface area contributed by atoms with Crippen molar-refractivity contribution in [3.63, 3.8) is 0 Å². The van der Waals surface area contributed by atoms with Crippen LogP contribution in [0.25, 0.3) is 0 Å². The first-order chi connectivity index (χ1) is 7.90. The predicted molar refractivity (Wildman–Crippen MR) is 71.2 cm³/mol. The maximum Gasteiger partial charge on any atom is 0.0518 e. The third-order valence-electron chi connectivity index (χ3n) is 1.93. The van der Waals surface area contributed by atoms with Crippen LogP contribution >= 0.6 is 0 Å². The number of carboxylic acid groups (broad SMARTS) is 1. The number of hydrogen-bond donors (Lipinski definition) is 0. The summed E-state index contributed by atoms with van der Waals surface area (Å²) in [6, 6.07) is 0. The largest absolute Gasteiger partial charge is 0.550 e. The zero-order chi connectivity index (χ0) is 13.7. The molecule has 0 saturated carbocycles. The number of rotatable bonds is 8. The molecule has 0 saturated heterocycles. The number of ether oxygens (including phenoxy) is 1. The van der Waals surface area contributed by atoms with Gasteiger partial charge in [-0.2, -0.15) is 0 Å². The fourth-order valence-electron chi connectivity index (χ4n) is 1.06. The van der Waals surface area contributed by atoms with Crippen molar-refractivity contribution >= 4 is 21.2 Å². The van der Waals surface area contributed by atoms with Gasteiger partial charge in [0.1, 0.15) is 0 Å². The monoisotopic (exact) mass is 258 g/mol. The van der Waals surface area contributed by atoms with Gasteiger partial charge < -0.3 is 14.6 Å². The maximum absolute atomic E-state index is 9.68.